The summed E-state index contributed by atoms with van der Waals surface area (Å²) in [5, 5.41) is 4.02. The smallest absolute Gasteiger partial charge is 0.0721 e. The molecule has 0 saturated carbocycles. The molecule has 0 fully saturated rings. The first-order chi connectivity index (χ1) is 6.33. The van der Waals surface area contributed by atoms with Crippen LogP contribution in [0.3, 0.4) is 0 Å². The molecule has 1 heterocycles. The summed E-state index contributed by atoms with van der Waals surface area (Å²) in [5.41, 5.74) is 2.39. The molecule has 2 nitrogen and oxygen atoms in total. The van der Waals surface area contributed by atoms with E-state index in [4.69, 9.17) is 16.3 Å². The maximum absolute atomic E-state index is 6.12. The van der Waals surface area contributed by atoms with E-state index >= 15 is 0 Å². The summed E-state index contributed by atoms with van der Waals surface area (Å²) in [5.74, 6) is 0. The summed E-state index contributed by atoms with van der Waals surface area (Å²) in [4.78, 5) is 0. The Kier molecular flexibility index (Phi) is 2.54. The van der Waals surface area contributed by atoms with Crippen LogP contribution < -0.4 is 5.32 Å². The Morgan fingerprint density at radius 3 is 3.15 bits per heavy atom. The minimum Gasteiger partial charge on any atom is -0.375 e. The van der Waals surface area contributed by atoms with Crippen molar-refractivity contribution in [2.24, 2.45) is 0 Å². The van der Waals surface area contributed by atoms with Crippen LogP contribution in [0.4, 0.5) is 0 Å². The lowest BCUT2D eigenvalue weighted by Crippen LogP contribution is -2.27. The van der Waals surface area contributed by atoms with Gasteiger partial charge in [-0.3, -0.25) is 0 Å². The fraction of sp³-hybridized carbons (Fsp3) is 0.400. The average molecular weight is 198 g/mol. The third-order valence-electron chi connectivity index (χ3n) is 2.38. The second kappa shape index (κ2) is 3.66. The fourth-order valence-electron chi connectivity index (χ4n) is 1.70. The minimum atomic E-state index is 0.234. The van der Waals surface area contributed by atoms with Crippen molar-refractivity contribution in [2.45, 2.75) is 12.6 Å². The molecule has 70 valence electrons. The Morgan fingerprint density at radius 2 is 2.38 bits per heavy atom. The molecule has 1 aromatic carbocycles. The molecule has 0 amide bonds. The zero-order chi connectivity index (χ0) is 9.26. The summed E-state index contributed by atoms with van der Waals surface area (Å²) in [7, 11) is 1.92. The fourth-order valence-corrected chi connectivity index (χ4v) is 2.02. The molecule has 1 aromatic rings. The molecule has 1 atom stereocenters. The number of benzene rings is 1. The molecule has 1 aliphatic heterocycles. The number of likely N-dealkylation sites (N-methyl/N-ethyl adjacent to an activating group) is 1. The van der Waals surface area contributed by atoms with Crippen LogP contribution in [0, 0.1) is 0 Å². The highest BCUT2D eigenvalue weighted by Gasteiger charge is 2.21. The van der Waals surface area contributed by atoms with Crippen molar-refractivity contribution in [3.63, 3.8) is 0 Å². The number of hydrogen-bond acceptors (Lipinski definition) is 2. The quantitative estimate of drug-likeness (QED) is 0.745. The predicted octanol–water partition coefficient (Wildman–Crippen LogP) is 2.13. The van der Waals surface area contributed by atoms with Gasteiger partial charge in [-0.25, -0.2) is 0 Å². The van der Waals surface area contributed by atoms with E-state index in [-0.39, 0.29) is 6.04 Å². The van der Waals surface area contributed by atoms with E-state index in [1.165, 1.54) is 11.1 Å². The van der Waals surface area contributed by atoms with Gasteiger partial charge in [-0.2, -0.15) is 0 Å². The lowest BCUT2D eigenvalue weighted by molar-refractivity contribution is 0.0845. The summed E-state index contributed by atoms with van der Waals surface area (Å²) in [6.45, 7) is 1.38. The summed E-state index contributed by atoms with van der Waals surface area (Å²) < 4.78 is 5.43. The summed E-state index contributed by atoms with van der Waals surface area (Å²) >= 11 is 6.12. The number of nitrogens with one attached hydrogen (secondary N) is 1. The molecule has 0 aliphatic carbocycles. The zero-order valence-electron chi connectivity index (χ0n) is 7.51. The highest BCUT2D eigenvalue weighted by molar-refractivity contribution is 6.31. The molecule has 0 bridgehead atoms. The van der Waals surface area contributed by atoms with Gasteiger partial charge in [-0.15, -0.1) is 0 Å². The Morgan fingerprint density at radius 1 is 1.54 bits per heavy atom. The summed E-state index contributed by atoms with van der Waals surface area (Å²) in [6.07, 6.45) is 0. The van der Waals surface area contributed by atoms with Gasteiger partial charge in [0.1, 0.15) is 0 Å². The first-order valence-electron chi connectivity index (χ1n) is 4.35. The molecule has 2 rings (SSSR count). The third-order valence-corrected chi connectivity index (χ3v) is 2.71. The molecular weight excluding hydrogens is 186 g/mol. The van der Waals surface area contributed by atoms with Gasteiger partial charge in [-0.1, -0.05) is 23.7 Å². The van der Waals surface area contributed by atoms with Gasteiger partial charge in [-0.05, 0) is 24.2 Å². The highest BCUT2D eigenvalue weighted by atomic mass is 35.5. The molecule has 0 unspecified atom stereocenters. The first kappa shape index (κ1) is 9.00. The summed E-state index contributed by atoms with van der Waals surface area (Å²) in [6, 6.07) is 6.18. The molecule has 0 radical (unpaired) electrons. The molecular formula is C10H12ClNO. The minimum absolute atomic E-state index is 0.234. The molecule has 0 spiro atoms. The first-order valence-corrected chi connectivity index (χ1v) is 4.73. The normalized spacial score (nSPS) is 21.2. The van der Waals surface area contributed by atoms with Crippen molar-refractivity contribution in [1.82, 2.24) is 5.32 Å². The van der Waals surface area contributed by atoms with Crippen LogP contribution in [0.1, 0.15) is 17.2 Å². The van der Waals surface area contributed by atoms with Crippen LogP contribution in [-0.2, 0) is 11.3 Å². The maximum atomic E-state index is 6.12. The van der Waals surface area contributed by atoms with Crippen LogP contribution in [0.2, 0.25) is 5.02 Å². The standard InChI is InChI=1S/C10H12ClNO/c1-12-9-6-13-5-7-3-2-4-8(11)10(7)9/h2-4,9,12H,5-6H2,1H3/t9-/m1/s1. The number of halogens is 1. The topological polar surface area (TPSA) is 21.3 Å². The van der Waals surface area contributed by atoms with E-state index in [0.717, 1.165) is 5.02 Å². The average Bonchev–Trinajstić information content (AvgIpc) is 2.17. The van der Waals surface area contributed by atoms with Crippen LogP contribution in [0.15, 0.2) is 18.2 Å². The monoisotopic (exact) mass is 197 g/mol. The molecule has 0 aromatic heterocycles. The molecule has 3 heteroatoms. The Labute approximate surface area is 82.9 Å². The number of fused-ring (bicyclic) bond motifs is 1. The van der Waals surface area contributed by atoms with E-state index in [1.54, 1.807) is 0 Å². The Balaban J connectivity index is 2.47. The van der Waals surface area contributed by atoms with Gasteiger partial charge in [0.15, 0.2) is 0 Å². The van der Waals surface area contributed by atoms with Gasteiger partial charge in [0, 0.05) is 5.02 Å². The number of hydrogen-bond donors (Lipinski definition) is 1. The lowest BCUT2D eigenvalue weighted by atomic mass is 9.99. The Bertz CT molecular complexity index is 314. The van der Waals surface area contributed by atoms with Crippen molar-refractivity contribution in [3.8, 4) is 0 Å². The molecule has 13 heavy (non-hydrogen) atoms. The van der Waals surface area contributed by atoms with E-state index in [2.05, 4.69) is 11.4 Å². The molecule has 0 saturated heterocycles. The van der Waals surface area contributed by atoms with E-state index < -0.39 is 0 Å². The van der Waals surface area contributed by atoms with Crippen LogP contribution in [0.25, 0.3) is 0 Å². The second-order valence-corrected chi connectivity index (χ2v) is 3.58. The van der Waals surface area contributed by atoms with Gasteiger partial charge >= 0.3 is 0 Å². The van der Waals surface area contributed by atoms with Crippen molar-refractivity contribution in [1.29, 1.82) is 0 Å². The highest BCUT2D eigenvalue weighted by Crippen LogP contribution is 2.30. The van der Waals surface area contributed by atoms with E-state index in [9.17, 15) is 0 Å². The van der Waals surface area contributed by atoms with Gasteiger partial charge in [0.05, 0.1) is 19.3 Å². The number of rotatable bonds is 1. The molecule has 1 aliphatic rings. The zero-order valence-corrected chi connectivity index (χ0v) is 8.27. The van der Waals surface area contributed by atoms with Gasteiger partial charge in [0.2, 0.25) is 0 Å². The third kappa shape index (κ3) is 1.57. The lowest BCUT2D eigenvalue weighted by Gasteiger charge is -2.26. The van der Waals surface area contributed by atoms with Crippen molar-refractivity contribution in [2.75, 3.05) is 13.7 Å². The maximum Gasteiger partial charge on any atom is 0.0721 e. The second-order valence-electron chi connectivity index (χ2n) is 3.17. The van der Waals surface area contributed by atoms with Crippen LogP contribution in [0.5, 0.6) is 0 Å². The Hall–Kier alpha value is -0.570. The van der Waals surface area contributed by atoms with Crippen molar-refractivity contribution >= 4 is 11.6 Å². The van der Waals surface area contributed by atoms with Crippen molar-refractivity contribution < 1.29 is 4.74 Å². The van der Waals surface area contributed by atoms with Crippen LogP contribution >= 0.6 is 11.6 Å². The van der Waals surface area contributed by atoms with E-state index in [1.807, 2.05) is 19.2 Å². The van der Waals surface area contributed by atoms with E-state index in [0.29, 0.717) is 13.2 Å². The molecule has 1 N–H and O–H groups in total. The SMILES string of the molecule is CN[C@@H]1COCc2cccc(Cl)c21. The number of ether oxygens (including phenoxy) is 1. The van der Waals surface area contributed by atoms with Crippen molar-refractivity contribution in [3.05, 3.63) is 34.3 Å². The van der Waals surface area contributed by atoms with Gasteiger partial charge < -0.3 is 10.1 Å². The predicted molar refractivity (Wildman–Crippen MR) is 52.9 cm³/mol. The largest absolute Gasteiger partial charge is 0.375 e. The van der Waals surface area contributed by atoms with Gasteiger partial charge in [0.25, 0.3) is 0 Å². The van der Waals surface area contributed by atoms with Crippen LogP contribution in [-0.4, -0.2) is 13.7 Å².